The maximum atomic E-state index is 4.21. The maximum Gasteiger partial charge on any atom is 0.0456 e. The number of aryl methyl sites for hydroxylation is 1. The SMILES string of the molecule is Cc1ccc(C(=CC=Cc2ccc(N(C=C(c3ccccc3)c3ccccc3)c3ccccc3)cc2)c2ccncc2)cc1. The van der Waals surface area contributed by atoms with E-state index in [-0.39, 0.29) is 0 Å². The lowest BCUT2D eigenvalue weighted by atomic mass is 9.97. The van der Waals surface area contributed by atoms with Gasteiger partial charge in [-0.05, 0) is 76.7 Å². The highest BCUT2D eigenvalue weighted by atomic mass is 15.1. The summed E-state index contributed by atoms with van der Waals surface area (Å²) in [6.07, 6.45) is 12.4. The largest absolute Gasteiger partial charge is 0.317 e. The topological polar surface area (TPSA) is 16.1 Å². The Morgan fingerprint density at radius 1 is 0.500 bits per heavy atom. The van der Waals surface area contributed by atoms with Crippen LogP contribution in [0.4, 0.5) is 11.4 Å². The van der Waals surface area contributed by atoms with Crippen molar-refractivity contribution in [1.29, 1.82) is 0 Å². The second kappa shape index (κ2) is 14.0. The molecule has 0 aliphatic rings. The van der Waals surface area contributed by atoms with Gasteiger partial charge in [-0.25, -0.2) is 0 Å². The first-order valence-corrected chi connectivity index (χ1v) is 14.9. The average Bonchev–Trinajstić information content (AvgIpc) is 3.10. The van der Waals surface area contributed by atoms with Crippen LogP contribution in [0.5, 0.6) is 0 Å². The van der Waals surface area contributed by atoms with E-state index in [0.717, 1.165) is 33.6 Å². The van der Waals surface area contributed by atoms with Gasteiger partial charge in [0.2, 0.25) is 0 Å². The molecule has 0 atom stereocenters. The highest BCUT2D eigenvalue weighted by Crippen LogP contribution is 2.32. The first-order chi connectivity index (χ1) is 21.7. The summed E-state index contributed by atoms with van der Waals surface area (Å²) in [6, 6.07) is 53.1. The fraction of sp³-hybridized carbons (Fsp3) is 0.0238. The van der Waals surface area contributed by atoms with Crippen LogP contribution in [0.15, 0.2) is 182 Å². The van der Waals surface area contributed by atoms with Gasteiger partial charge in [-0.15, -0.1) is 0 Å². The molecule has 0 unspecified atom stereocenters. The fourth-order valence-corrected chi connectivity index (χ4v) is 5.19. The van der Waals surface area contributed by atoms with Crippen molar-refractivity contribution in [1.82, 2.24) is 4.98 Å². The van der Waals surface area contributed by atoms with E-state index in [9.17, 15) is 0 Å². The molecule has 2 heteroatoms. The summed E-state index contributed by atoms with van der Waals surface area (Å²) in [7, 11) is 0. The van der Waals surface area contributed by atoms with Crippen molar-refractivity contribution in [2.45, 2.75) is 6.92 Å². The van der Waals surface area contributed by atoms with Gasteiger partial charge in [0.1, 0.15) is 0 Å². The summed E-state index contributed by atoms with van der Waals surface area (Å²) in [4.78, 5) is 6.47. The van der Waals surface area contributed by atoms with Crippen LogP contribution in [-0.2, 0) is 0 Å². The van der Waals surface area contributed by atoms with Gasteiger partial charge in [-0.2, -0.15) is 0 Å². The zero-order valence-corrected chi connectivity index (χ0v) is 24.8. The Morgan fingerprint density at radius 2 is 1.00 bits per heavy atom. The normalized spacial score (nSPS) is 11.3. The van der Waals surface area contributed by atoms with Crippen LogP contribution in [-0.4, -0.2) is 4.98 Å². The van der Waals surface area contributed by atoms with Gasteiger partial charge in [-0.3, -0.25) is 4.98 Å². The Morgan fingerprint density at radius 3 is 1.59 bits per heavy atom. The van der Waals surface area contributed by atoms with E-state index in [4.69, 9.17) is 0 Å². The Kier molecular flexibility index (Phi) is 9.01. The lowest BCUT2D eigenvalue weighted by Gasteiger charge is -2.23. The van der Waals surface area contributed by atoms with Gasteiger partial charge >= 0.3 is 0 Å². The zero-order chi connectivity index (χ0) is 30.0. The molecule has 44 heavy (non-hydrogen) atoms. The molecule has 6 rings (SSSR count). The molecule has 5 aromatic carbocycles. The van der Waals surface area contributed by atoms with E-state index in [1.807, 2.05) is 12.4 Å². The summed E-state index contributed by atoms with van der Waals surface area (Å²) < 4.78 is 0. The minimum atomic E-state index is 1.09. The maximum absolute atomic E-state index is 4.21. The minimum Gasteiger partial charge on any atom is -0.317 e. The number of rotatable bonds is 9. The molecule has 0 aliphatic carbocycles. The van der Waals surface area contributed by atoms with E-state index >= 15 is 0 Å². The number of nitrogens with zero attached hydrogens (tertiary/aromatic N) is 2. The molecule has 2 nitrogen and oxygen atoms in total. The third kappa shape index (κ3) is 7.00. The average molecular weight is 567 g/mol. The molecule has 1 heterocycles. The van der Waals surface area contributed by atoms with Crippen LogP contribution in [0.3, 0.4) is 0 Å². The highest BCUT2D eigenvalue weighted by Gasteiger charge is 2.12. The number of allylic oxidation sites excluding steroid dienone is 2. The van der Waals surface area contributed by atoms with E-state index < -0.39 is 0 Å². The van der Waals surface area contributed by atoms with Gasteiger partial charge in [0.15, 0.2) is 0 Å². The third-order valence-electron chi connectivity index (χ3n) is 7.54. The Labute approximate surface area is 260 Å². The van der Waals surface area contributed by atoms with E-state index in [1.165, 1.54) is 22.3 Å². The summed E-state index contributed by atoms with van der Waals surface area (Å²) in [5, 5.41) is 0. The Balaban J connectivity index is 1.34. The fourth-order valence-electron chi connectivity index (χ4n) is 5.19. The molecule has 6 aromatic rings. The van der Waals surface area contributed by atoms with Crippen LogP contribution in [0.25, 0.3) is 17.2 Å². The molecule has 0 spiro atoms. The van der Waals surface area contributed by atoms with Crippen LogP contribution in [0, 0.1) is 6.92 Å². The van der Waals surface area contributed by atoms with Crippen LogP contribution in [0.1, 0.15) is 33.4 Å². The van der Waals surface area contributed by atoms with Crippen molar-refractivity contribution in [2.24, 2.45) is 0 Å². The van der Waals surface area contributed by atoms with Crippen molar-refractivity contribution in [3.63, 3.8) is 0 Å². The second-order valence-electron chi connectivity index (χ2n) is 10.6. The first kappa shape index (κ1) is 28.4. The van der Waals surface area contributed by atoms with Gasteiger partial charge in [0, 0.05) is 35.5 Å². The van der Waals surface area contributed by atoms with E-state index in [0.29, 0.717) is 0 Å². The van der Waals surface area contributed by atoms with Crippen molar-refractivity contribution in [3.8, 4) is 0 Å². The van der Waals surface area contributed by atoms with Crippen LogP contribution < -0.4 is 4.90 Å². The molecule has 0 radical (unpaired) electrons. The van der Waals surface area contributed by atoms with Crippen LogP contribution >= 0.6 is 0 Å². The molecule has 0 N–H and O–H groups in total. The molecular weight excluding hydrogens is 532 g/mol. The van der Waals surface area contributed by atoms with Gasteiger partial charge in [0.25, 0.3) is 0 Å². The molecule has 0 saturated carbocycles. The van der Waals surface area contributed by atoms with Crippen LogP contribution in [0.2, 0.25) is 0 Å². The number of benzene rings is 5. The number of aromatic nitrogens is 1. The number of para-hydroxylation sites is 1. The summed E-state index contributed by atoms with van der Waals surface area (Å²) in [5.41, 5.74) is 11.5. The molecule has 0 saturated heterocycles. The van der Waals surface area contributed by atoms with Gasteiger partial charge < -0.3 is 4.90 Å². The lowest BCUT2D eigenvalue weighted by Crippen LogP contribution is -2.10. The Bertz CT molecular complexity index is 1810. The van der Waals surface area contributed by atoms with Gasteiger partial charge in [-0.1, -0.05) is 139 Å². The number of anilines is 2. The summed E-state index contributed by atoms with van der Waals surface area (Å²) >= 11 is 0. The number of hydrogen-bond acceptors (Lipinski definition) is 2. The smallest absolute Gasteiger partial charge is 0.0456 e. The minimum absolute atomic E-state index is 1.09. The quantitative estimate of drug-likeness (QED) is 0.162. The van der Waals surface area contributed by atoms with Crippen molar-refractivity contribution < 1.29 is 0 Å². The predicted molar refractivity (Wildman–Crippen MR) is 187 cm³/mol. The third-order valence-corrected chi connectivity index (χ3v) is 7.54. The Hall–Kier alpha value is -5.73. The molecule has 0 fully saturated rings. The predicted octanol–water partition coefficient (Wildman–Crippen LogP) is 10.8. The molecule has 0 amide bonds. The monoisotopic (exact) mass is 566 g/mol. The van der Waals surface area contributed by atoms with Crippen molar-refractivity contribution >= 4 is 28.6 Å². The number of pyridine rings is 1. The first-order valence-electron chi connectivity index (χ1n) is 14.9. The zero-order valence-electron chi connectivity index (χ0n) is 24.8. The van der Waals surface area contributed by atoms with Gasteiger partial charge in [0.05, 0.1) is 0 Å². The van der Waals surface area contributed by atoms with E-state index in [1.54, 1.807) is 0 Å². The lowest BCUT2D eigenvalue weighted by molar-refractivity contribution is 1.28. The van der Waals surface area contributed by atoms with Crippen molar-refractivity contribution in [3.05, 3.63) is 216 Å². The standard InChI is InChI=1S/C42H34N2/c1-33-20-24-37(25-21-33)41(38-28-30-43-31-29-38)19-11-12-34-22-26-40(27-23-34)44(39-17-9-4-10-18-39)32-42(35-13-5-2-6-14-35)36-15-7-3-8-16-36/h2-32H,1H3. The molecule has 0 aliphatic heterocycles. The summed E-state index contributed by atoms with van der Waals surface area (Å²) in [5.74, 6) is 0. The molecule has 0 bridgehead atoms. The number of hydrogen-bond donors (Lipinski definition) is 0. The second-order valence-corrected chi connectivity index (χ2v) is 10.6. The molecule has 1 aromatic heterocycles. The summed E-state index contributed by atoms with van der Waals surface area (Å²) in [6.45, 7) is 2.11. The molecular formula is C42H34N2. The van der Waals surface area contributed by atoms with E-state index in [2.05, 4.69) is 193 Å². The highest BCUT2D eigenvalue weighted by molar-refractivity contribution is 5.84. The van der Waals surface area contributed by atoms with Crippen molar-refractivity contribution in [2.75, 3.05) is 4.90 Å². The molecule has 212 valence electrons.